The molecule has 1 aromatic rings. The maximum Gasteiger partial charge on any atom is 0.162 e. The number of hydrogen-bond acceptors (Lipinski definition) is 3. The van der Waals surface area contributed by atoms with Crippen LogP contribution in [-0.4, -0.2) is 30.7 Å². The van der Waals surface area contributed by atoms with Crippen LogP contribution in [0.15, 0.2) is 30.3 Å². The first-order valence-corrected chi connectivity index (χ1v) is 6.30. The van der Waals surface area contributed by atoms with E-state index in [1.807, 2.05) is 18.2 Å². The smallest absolute Gasteiger partial charge is 0.162 e. The average Bonchev–Trinajstić information content (AvgIpc) is 2.79. The third-order valence-electron chi connectivity index (χ3n) is 2.99. The maximum absolute atomic E-state index is 8.71. The number of aliphatic hydroxyl groups is 1. The van der Waals surface area contributed by atoms with Gasteiger partial charge >= 0.3 is 0 Å². The van der Waals surface area contributed by atoms with E-state index in [4.69, 9.17) is 14.6 Å². The summed E-state index contributed by atoms with van der Waals surface area (Å²) >= 11 is 0. The number of unbranched alkanes of at least 4 members (excludes halogenated alkanes) is 1. The zero-order valence-corrected chi connectivity index (χ0v) is 10.0. The van der Waals surface area contributed by atoms with Gasteiger partial charge in [-0.25, -0.2) is 0 Å². The highest BCUT2D eigenvalue weighted by Crippen LogP contribution is 2.19. The minimum atomic E-state index is -0.100. The van der Waals surface area contributed by atoms with E-state index in [9.17, 15) is 0 Å². The van der Waals surface area contributed by atoms with Crippen LogP contribution < -0.4 is 0 Å². The Kier molecular flexibility index (Phi) is 4.98. The molecule has 2 rings (SSSR count). The van der Waals surface area contributed by atoms with Crippen molar-refractivity contribution < 1.29 is 14.6 Å². The van der Waals surface area contributed by atoms with Gasteiger partial charge in [0.2, 0.25) is 0 Å². The summed E-state index contributed by atoms with van der Waals surface area (Å²) in [6, 6.07) is 10.3. The van der Waals surface area contributed by atoms with Gasteiger partial charge in [0.1, 0.15) is 0 Å². The Bertz CT molecular complexity index is 313. The Balaban J connectivity index is 1.71. The first-order valence-electron chi connectivity index (χ1n) is 6.30. The number of hydrogen-bond donors (Lipinski definition) is 1. The lowest BCUT2D eigenvalue weighted by Gasteiger charge is -2.11. The van der Waals surface area contributed by atoms with E-state index in [1.54, 1.807) is 0 Å². The number of aliphatic hydroxyl groups excluding tert-OH is 1. The lowest BCUT2D eigenvalue weighted by Crippen LogP contribution is -2.14. The van der Waals surface area contributed by atoms with Crippen molar-refractivity contribution >= 4 is 0 Å². The molecule has 0 amide bonds. The van der Waals surface area contributed by atoms with Crippen molar-refractivity contribution in [2.24, 2.45) is 0 Å². The highest BCUT2D eigenvalue weighted by Gasteiger charge is 2.25. The molecule has 1 fully saturated rings. The van der Waals surface area contributed by atoms with Crippen LogP contribution in [-0.2, 0) is 15.9 Å². The van der Waals surface area contributed by atoms with E-state index in [2.05, 4.69) is 12.1 Å². The van der Waals surface area contributed by atoms with Crippen LogP contribution in [0.5, 0.6) is 0 Å². The third kappa shape index (κ3) is 4.11. The fourth-order valence-electron chi connectivity index (χ4n) is 2.06. The van der Waals surface area contributed by atoms with Crippen molar-refractivity contribution in [3.05, 3.63) is 35.9 Å². The summed E-state index contributed by atoms with van der Waals surface area (Å²) in [6.07, 6.45) is 3.75. The molecule has 3 nitrogen and oxygen atoms in total. The number of benzene rings is 1. The average molecular weight is 236 g/mol. The Morgan fingerprint density at radius 2 is 2.00 bits per heavy atom. The van der Waals surface area contributed by atoms with Gasteiger partial charge in [-0.15, -0.1) is 0 Å². The minimum absolute atomic E-state index is 0.100. The Morgan fingerprint density at radius 3 is 2.76 bits per heavy atom. The van der Waals surface area contributed by atoms with Crippen molar-refractivity contribution in [2.45, 2.75) is 38.1 Å². The van der Waals surface area contributed by atoms with Crippen LogP contribution in [0.3, 0.4) is 0 Å². The van der Waals surface area contributed by atoms with Crippen LogP contribution in [0.4, 0.5) is 0 Å². The van der Waals surface area contributed by atoms with Crippen molar-refractivity contribution in [2.75, 3.05) is 13.2 Å². The van der Waals surface area contributed by atoms with Crippen LogP contribution in [0.2, 0.25) is 0 Å². The second-order valence-corrected chi connectivity index (χ2v) is 4.43. The summed E-state index contributed by atoms with van der Waals surface area (Å²) in [5.41, 5.74) is 1.24. The van der Waals surface area contributed by atoms with Gasteiger partial charge in [0, 0.05) is 13.0 Å². The molecule has 17 heavy (non-hydrogen) atoms. The Hall–Kier alpha value is -0.900. The Labute approximate surface area is 102 Å². The SMILES string of the molecule is OCCCC[C@@H]1CO[C@@H](Cc2ccccc2)O1. The monoisotopic (exact) mass is 236 g/mol. The largest absolute Gasteiger partial charge is 0.396 e. The van der Waals surface area contributed by atoms with E-state index < -0.39 is 0 Å². The summed E-state index contributed by atoms with van der Waals surface area (Å²) in [4.78, 5) is 0. The molecule has 1 heterocycles. The van der Waals surface area contributed by atoms with Crippen molar-refractivity contribution in [1.29, 1.82) is 0 Å². The topological polar surface area (TPSA) is 38.7 Å². The molecule has 0 spiro atoms. The third-order valence-corrected chi connectivity index (χ3v) is 2.99. The van der Waals surface area contributed by atoms with Gasteiger partial charge in [-0.3, -0.25) is 0 Å². The van der Waals surface area contributed by atoms with E-state index in [0.717, 1.165) is 25.7 Å². The fourth-order valence-corrected chi connectivity index (χ4v) is 2.06. The van der Waals surface area contributed by atoms with E-state index in [-0.39, 0.29) is 19.0 Å². The van der Waals surface area contributed by atoms with Gasteiger partial charge in [-0.05, 0) is 24.8 Å². The lowest BCUT2D eigenvalue weighted by molar-refractivity contribution is -0.0570. The van der Waals surface area contributed by atoms with Gasteiger partial charge in [0.05, 0.1) is 12.7 Å². The fraction of sp³-hybridized carbons (Fsp3) is 0.571. The summed E-state index contributed by atoms with van der Waals surface area (Å²) in [5, 5.41) is 8.71. The molecule has 0 aromatic heterocycles. The molecule has 0 bridgehead atoms. The summed E-state index contributed by atoms with van der Waals surface area (Å²) in [5.74, 6) is 0. The Morgan fingerprint density at radius 1 is 1.18 bits per heavy atom. The highest BCUT2D eigenvalue weighted by atomic mass is 16.7. The zero-order chi connectivity index (χ0) is 11.9. The van der Waals surface area contributed by atoms with E-state index >= 15 is 0 Å². The van der Waals surface area contributed by atoms with E-state index in [0.29, 0.717) is 6.61 Å². The zero-order valence-electron chi connectivity index (χ0n) is 10.0. The molecule has 3 heteroatoms. The molecule has 0 saturated carbocycles. The molecule has 0 unspecified atom stereocenters. The highest BCUT2D eigenvalue weighted by molar-refractivity contribution is 5.15. The predicted octanol–water partition coefficient (Wildman–Crippen LogP) is 2.13. The predicted molar refractivity (Wildman–Crippen MR) is 65.7 cm³/mol. The molecular weight excluding hydrogens is 216 g/mol. The van der Waals surface area contributed by atoms with Crippen LogP contribution in [0.1, 0.15) is 24.8 Å². The molecule has 2 atom stereocenters. The van der Waals surface area contributed by atoms with Crippen LogP contribution >= 0.6 is 0 Å². The normalized spacial score (nSPS) is 24.1. The van der Waals surface area contributed by atoms with Crippen LogP contribution in [0, 0.1) is 0 Å². The first-order chi connectivity index (χ1) is 8.38. The van der Waals surface area contributed by atoms with Crippen molar-refractivity contribution in [1.82, 2.24) is 0 Å². The molecular formula is C14H20O3. The van der Waals surface area contributed by atoms with Gasteiger partial charge in [-0.2, -0.15) is 0 Å². The maximum atomic E-state index is 8.71. The van der Waals surface area contributed by atoms with Gasteiger partial charge in [-0.1, -0.05) is 30.3 Å². The quantitative estimate of drug-likeness (QED) is 0.769. The van der Waals surface area contributed by atoms with Gasteiger partial charge in [0.15, 0.2) is 6.29 Å². The molecule has 1 N–H and O–H groups in total. The minimum Gasteiger partial charge on any atom is -0.396 e. The summed E-state index contributed by atoms with van der Waals surface area (Å²) < 4.78 is 11.4. The lowest BCUT2D eigenvalue weighted by atomic mass is 10.1. The molecule has 1 aliphatic rings. The molecule has 0 radical (unpaired) electrons. The van der Waals surface area contributed by atoms with E-state index in [1.165, 1.54) is 5.56 Å². The summed E-state index contributed by atoms with van der Waals surface area (Å²) in [7, 11) is 0. The summed E-state index contributed by atoms with van der Waals surface area (Å²) in [6.45, 7) is 0.948. The molecule has 1 aliphatic heterocycles. The second kappa shape index (κ2) is 6.74. The van der Waals surface area contributed by atoms with Crippen LogP contribution in [0.25, 0.3) is 0 Å². The van der Waals surface area contributed by atoms with Gasteiger partial charge < -0.3 is 14.6 Å². The van der Waals surface area contributed by atoms with Crippen molar-refractivity contribution in [3.8, 4) is 0 Å². The molecule has 94 valence electrons. The standard InChI is InChI=1S/C14H20O3/c15-9-5-4-8-13-11-16-14(17-13)10-12-6-2-1-3-7-12/h1-3,6-7,13-15H,4-5,8-11H2/t13-,14-/m1/s1. The second-order valence-electron chi connectivity index (χ2n) is 4.43. The first kappa shape index (κ1) is 12.6. The molecule has 1 saturated heterocycles. The number of rotatable bonds is 6. The molecule has 1 aromatic carbocycles. The van der Waals surface area contributed by atoms with Crippen molar-refractivity contribution in [3.63, 3.8) is 0 Å². The molecule has 0 aliphatic carbocycles. The van der Waals surface area contributed by atoms with Gasteiger partial charge in [0.25, 0.3) is 0 Å². The number of ether oxygens (including phenoxy) is 2.